The Kier molecular flexibility index (Phi) is 5.06. The first-order valence-corrected chi connectivity index (χ1v) is 7.09. The Morgan fingerprint density at radius 1 is 1.39 bits per heavy atom. The quantitative estimate of drug-likeness (QED) is 0.798. The SMILES string of the molecule is Cc1cc(C)nc(NS(=O)(=O)N(C)CCCO)c1. The third-order valence-electron chi connectivity index (χ3n) is 2.37. The highest BCUT2D eigenvalue weighted by atomic mass is 32.2. The van der Waals surface area contributed by atoms with Gasteiger partial charge in [-0.1, -0.05) is 0 Å². The van der Waals surface area contributed by atoms with Gasteiger partial charge in [-0.25, -0.2) is 4.98 Å². The van der Waals surface area contributed by atoms with Crippen molar-refractivity contribution < 1.29 is 13.5 Å². The van der Waals surface area contributed by atoms with Crippen LogP contribution in [0, 0.1) is 13.8 Å². The van der Waals surface area contributed by atoms with Crippen molar-refractivity contribution in [2.75, 3.05) is 24.9 Å². The first kappa shape index (κ1) is 14.9. The summed E-state index contributed by atoms with van der Waals surface area (Å²) >= 11 is 0. The molecule has 2 N–H and O–H groups in total. The van der Waals surface area contributed by atoms with E-state index in [-0.39, 0.29) is 13.2 Å². The van der Waals surface area contributed by atoms with E-state index in [1.54, 1.807) is 13.0 Å². The molecule has 0 unspecified atom stereocenters. The van der Waals surface area contributed by atoms with E-state index in [1.807, 2.05) is 13.0 Å². The molecular weight excluding hydrogens is 254 g/mol. The van der Waals surface area contributed by atoms with E-state index in [0.29, 0.717) is 12.2 Å². The second-order valence-corrected chi connectivity index (χ2v) is 5.95. The molecular formula is C11H19N3O3S. The van der Waals surface area contributed by atoms with Crippen LogP contribution in [-0.2, 0) is 10.2 Å². The summed E-state index contributed by atoms with van der Waals surface area (Å²) in [5, 5.41) is 8.69. The van der Waals surface area contributed by atoms with Gasteiger partial charge < -0.3 is 5.11 Å². The maximum absolute atomic E-state index is 11.9. The van der Waals surface area contributed by atoms with Gasteiger partial charge in [0.15, 0.2) is 0 Å². The highest BCUT2D eigenvalue weighted by molar-refractivity contribution is 7.90. The van der Waals surface area contributed by atoms with Crippen LogP contribution in [0.3, 0.4) is 0 Å². The zero-order valence-electron chi connectivity index (χ0n) is 10.8. The zero-order chi connectivity index (χ0) is 13.8. The molecule has 0 amide bonds. The smallest absolute Gasteiger partial charge is 0.302 e. The van der Waals surface area contributed by atoms with Gasteiger partial charge in [0, 0.05) is 25.9 Å². The zero-order valence-corrected chi connectivity index (χ0v) is 11.7. The summed E-state index contributed by atoms with van der Waals surface area (Å²) in [6, 6.07) is 3.54. The molecule has 102 valence electrons. The van der Waals surface area contributed by atoms with Gasteiger partial charge in [0.1, 0.15) is 5.82 Å². The maximum atomic E-state index is 11.9. The van der Waals surface area contributed by atoms with Gasteiger partial charge in [0.05, 0.1) is 0 Å². The van der Waals surface area contributed by atoms with Gasteiger partial charge in [-0.15, -0.1) is 0 Å². The van der Waals surface area contributed by atoms with E-state index >= 15 is 0 Å². The molecule has 0 aliphatic carbocycles. The lowest BCUT2D eigenvalue weighted by Gasteiger charge is -2.17. The predicted molar refractivity (Wildman–Crippen MR) is 70.6 cm³/mol. The van der Waals surface area contributed by atoms with E-state index in [2.05, 4.69) is 9.71 Å². The molecule has 6 nitrogen and oxygen atoms in total. The Hall–Kier alpha value is -1.18. The molecule has 7 heteroatoms. The molecule has 0 saturated carbocycles. The molecule has 0 spiro atoms. The second-order valence-electron chi connectivity index (χ2n) is 4.18. The van der Waals surface area contributed by atoms with Gasteiger partial charge in [0.25, 0.3) is 0 Å². The van der Waals surface area contributed by atoms with Crippen molar-refractivity contribution in [2.24, 2.45) is 0 Å². The molecule has 0 aliphatic heterocycles. The topological polar surface area (TPSA) is 82.5 Å². The van der Waals surface area contributed by atoms with Crippen LogP contribution in [-0.4, -0.2) is 43.0 Å². The fourth-order valence-corrected chi connectivity index (χ4v) is 2.41. The van der Waals surface area contributed by atoms with E-state index in [4.69, 9.17) is 5.11 Å². The van der Waals surface area contributed by atoms with Gasteiger partial charge in [-0.2, -0.15) is 12.7 Å². The van der Waals surface area contributed by atoms with E-state index in [0.717, 1.165) is 15.6 Å². The number of aliphatic hydroxyl groups excluding tert-OH is 1. The third-order valence-corrected chi connectivity index (χ3v) is 3.84. The summed E-state index contributed by atoms with van der Waals surface area (Å²) < 4.78 is 27.4. The number of nitrogens with zero attached hydrogens (tertiary/aromatic N) is 2. The minimum atomic E-state index is -3.61. The molecule has 0 atom stereocenters. The second kappa shape index (κ2) is 6.12. The van der Waals surface area contributed by atoms with Crippen LogP contribution in [0.5, 0.6) is 0 Å². The lowest BCUT2D eigenvalue weighted by molar-refractivity contribution is 0.276. The largest absolute Gasteiger partial charge is 0.396 e. The highest BCUT2D eigenvalue weighted by Crippen LogP contribution is 2.12. The standard InChI is InChI=1S/C11H19N3O3S/c1-9-7-10(2)12-11(8-9)13-18(16,17)14(3)5-4-6-15/h7-8,15H,4-6H2,1-3H3,(H,12,13). The normalized spacial score (nSPS) is 11.8. The number of anilines is 1. The summed E-state index contributed by atoms with van der Waals surface area (Å²) in [5.74, 6) is 0.309. The van der Waals surface area contributed by atoms with Crippen molar-refractivity contribution in [1.29, 1.82) is 0 Å². The van der Waals surface area contributed by atoms with E-state index < -0.39 is 10.2 Å². The minimum Gasteiger partial charge on any atom is -0.396 e. The van der Waals surface area contributed by atoms with Gasteiger partial charge >= 0.3 is 10.2 Å². The van der Waals surface area contributed by atoms with Gasteiger partial charge in [-0.05, 0) is 38.0 Å². The Morgan fingerprint density at radius 2 is 2.06 bits per heavy atom. The Bertz CT molecular complexity index is 482. The lowest BCUT2D eigenvalue weighted by Crippen LogP contribution is -2.34. The summed E-state index contributed by atoms with van der Waals surface area (Å²) in [7, 11) is -2.15. The predicted octanol–water partition coefficient (Wildman–Crippen LogP) is 0.669. The van der Waals surface area contributed by atoms with Crippen molar-refractivity contribution in [3.05, 3.63) is 23.4 Å². The van der Waals surface area contributed by atoms with Crippen LogP contribution in [0.2, 0.25) is 0 Å². The summed E-state index contributed by atoms with van der Waals surface area (Å²) in [6.45, 7) is 3.90. The fraction of sp³-hybridized carbons (Fsp3) is 0.545. The summed E-state index contributed by atoms with van der Waals surface area (Å²) in [5.41, 5.74) is 1.70. The van der Waals surface area contributed by atoms with Crippen molar-refractivity contribution in [3.63, 3.8) is 0 Å². The molecule has 0 aliphatic rings. The van der Waals surface area contributed by atoms with Crippen LogP contribution in [0.25, 0.3) is 0 Å². The molecule has 1 heterocycles. The van der Waals surface area contributed by atoms with Crippen LogP contribution >= 0.6 is 0 Å². The number of aromatic nitrogens is 1. The first-order chi connectivity index (χ1) is 8.35. The molecule has 18 heavy (non-hydrogen) atoms. The summed E-state index contributed by atoms with van der Waals surface area (Å²) in [6.07, 6.45) is 0.400. The van der Waals surface area contributed by atoms with Crippen molar-refractivity contribution in [2.45, 2.75) is 20.3 Å². The van der Waals surface area contributed by atoms with Crippen molar-refractivity contribution in [3.8, 4) is 0 Å². The monoisotopic (exact) mass is 273 g/mol. The molecule has 0 radical (unpaired) electrons. The van der Waals surface area contributed by atoms with E-state index in [9.17, 15) is 8.42 Å². The number of hydrogen-bond donors (Lipinski definition) is 2. The number of pyridine rings is 1. The highest BCUT2D eigenvalue weighted by Gasteiger charge is 2.17. The van der Waals surface area contributed by atoms with E-state index in [1.165, 1.54) is 7.05 Å². The average molecular weight is 273 g/mol. The molecule has 1 aromatic heterocycles. The molecule has 0 saturated heterocycles. The number of hydrogen-bond acceptors (Lipinski definition) is 4. The minimum absolute atomic E-state index is 0.0400. The maximum Gasteiger partial charge on any atom is 0.302 e. The third kappa shape index (κ3) is 4.25. The number of aliphatic hydroxyl groups is 1. The van der Waals surface area contributed by atoms with Crippen LogP contribution in [0.4, 0.5) is 5.82 Å². The lowest BCUT2D eigenvalue weighted by atomic mass is 10.2. The van der Waals surface area contributed by atoms with Crippen LogP contribution < -0.4 is 4.72 Å². The fourth-order valence-electron chi connectivity index (χ4n) is 1.52. The molecule has 0 bridgehead atoms. The molecule has 0 fully saturated rings. The molecule has 1 aromatic rings. The van der Waals surface area contributed by atoms with Crippen molar-refractivity contribution >= 4 is 16.0 Å². The Morgan fingerprint density at radius 3 is 2.61 bits per heavy atom. The average Bonchev–Trinajstić information content (AvgIpc) is 2.23. The van der Waals surface area contributed by atoms with Crippen LogP contribution in [0.15, 0.2) is 12.1 Å². The van der Waals surface area contributed by atoms with Gasteiger partial charge in [0.2, 0.25) is 0 Å². The summed E-state index contributed by atoms with van der Waals surface area (Å²) in [4.78, 5) is 4.12. The molecule has 0 aromatic carbocycles. The number of nitrogens with one attached hydrogen (secondary N) is 1. The van der Waals surface area contributed by atoms with Gasteiger partial charge in [-0.3, -0.25) is 4.72 Å². The Balaban J connectivity index is 2.81. The first-order valence-electron chi connectivity index (χ1n) is 5.65. The van der Waals surface area contributed by atoms with Crippen LogP contribution in [0.1, 0.15) is 17.7 Å². The number of rotatable bonds is 6. The number of aryl methyl sites for hydroxylation is 2. The molecule has 1 rings (SSSR count). The Labute approximate surface area is 108 Å². The van der Waals surface area contributed by atoms with Crippen molar-refractivity contribution in [1.82, 2.24) is 9.29 Å².